The number of hydrogen-bond acceptors (Lipinski definition) is 6. The molecule has 1 aliphatic rings. The van der Waals surface area contributed by atoms with Crippen LogP contribution in [0, 0.1) is 10.1 Å². The van der Waals surface area contributed by atoms with Crippen molar-refractivity contribution in [2.24, 2.45) is 10.2 Å². The lowest BCUT2D eigenvalue weighted by Crippen LogP contribution is -2.18. The molecule has 37 heavy (non-hydrogen) atoms. The minimum atomic E-state index is -0.512. The van der Waals surface area contributed by atoms with Crippen LogP contribution >= 0.6 is 0 Å². The fourth-order valence-electron chi connectivity index (χ4n) is 4.17. The van der Waals surface area contributed by atoms with Gasteiger partial charge in [-0.25, -0.2) is 5.43 Å². The molecule has 182 valence electrons. The Morgan fingerprint density at radius 1 is 0.919 bits per heavy atom. The van der Waals surface area contributed by atoms with Crippen LogP contribution in [0.5, 0.6) is 0 Å². The Hall–Kier alpha value is -5.11. The van der Waals surface area contributed by atoms with E-state index >= 15 is 0 Å². The van der Waals surface area contributed by atoms with Crippen LogP contribution in [0.4, 0.5) is 11.4 Å². The quantitative estimate of drug-likeness (QED) is 0.204. The number of hydrogen-bond donors (Lipinski definition) is 1. The van der Waals surface area contributed by atoms with Gasteiger partial charge in [-0.1, -0.05) is 72.8 Å². The smallest absolute Gasteiger partial charge is 0.267 e. The van der Waals surface area contributed by atoms with Gasteiger partial charge in [0.05, 0.1) is 28.6 Å². The molecule has 1 aliphatic heterocycles. The number of nitro groups is 1. The summed E-state index contributed by atoms with van der Waals surface area (Å²) in [4.78, 5) is 22.5. The molecular formula is C29H23N5O3. The third-order valence-corrected chi connectivity index (χ3v) is 6.08. The maximum absolute atomic E-state index is 12.2. The van der Waals surface area contributed by atoms with Crippen molar-refractivity contribution in [3.63, 3.8) is 0 Å². The molecule has 1 atom stereocenters. The van der Waals surface area contributed by atoms with Gasteiger partial charge in [0.1, 0.15) is 0 Å². The van der Waals surface area contributed by atoms with Crippen molar-refractivity contribution in [3.05, 3.63) is 142 Å². The molecule has 0 radical (unpaired) electrons. The molecule has 0 saturated heterocycles. The van der Waals surface area contributed by atoms with Gasteiger partial charge in [0, 0.05) is 24.1 Å². The molecule has 1 amide bonds. The molecule has 0 spiro atoms. The van der Waals surface area contributed by atoms with Crippen molar-refractivity contribution in [2.45, 2.75) is 12.5 Å². The first kappa shape index (κ1) is 23.6. The van der Waals surface area contributed by atoms with Gasteiger partial charge < -0.3 is 0 Å². The number of carbonyl (C=O) groups is 1. The maximum atomic E-state index is 12.2. The molecule has 5 rings (SSSR count). The maximum Gasteiger partial charge on any atom is 0.271 e. The zero-order valence-electron chi connectivity index (χ0n) is 19.8. The number of anilines is 1. The summed E-state index contributed by atoms with van der Waals surface area (Å²) in [5.41, 5.74) is 7.74. The lowest BCUT2D eigenvalue weighted by molar-refractivity contribution is -0.384. The molecule has 1 N–H and O–H groups in total. The monoisotopic (exact) mass is 489 g/mol. The van der Waals surface area contributed by atoms with E-state index in [0.29, 0.717) is 0 Å². The van der Waals surface area contributed by atoms with Gasteiger partial charge in [0.25, 0.3) is 11.6 Å². The lowest BCUT2D eigenvalue weighted by Gasteiger charge is -2.24. The van der Waals surface area contributed by atoms with Crippen molar-refractivity contribution < 1.29 is 9.72 Å². The van der Waals surface area contributed by atoms with Crippen LogP contribution < -0.4 is 10.4 Å². The number of non-ortho nitro benzene ring substituents is 1. The lowest BCUT2D eigenvalue weighted by atomic mass is 9.98. The molecule has 0 aromatic heterocycles. The molecule has 4 aromatic carbocycles. The summed E-state index contributed by atoms with van der Waals surface area (Å²) < 4.78 is 0. The normalized spacial score (nSPS) is 15.0. The molecule has 1 heterocycles. The summed E-state index contributed by atoms with van der Waals surface area (Å²) in [5, 5.41) is 21.8. The Labute approximate surface area is 213 Å². The Morgan fingerprint density at radius 3 is 2.22 bits per heavy atom. The Balaban J connectivity index is 1.30. The first-order valence-corrected chi connectivity index (χ1v) is 11.7. The summed E-state index contributed by atoms with van der Waals surface area (Å²) >= 11 is 0. The number of nitro benzene ring substituents is 1. The van der Waals surface area contributed by atoms with Crippen molar-refractivity contribution in [2.75, 3.05) is 5.01 Å². The Morgan fingerprint density at radius 2 is 1.57 bits per heavy atom. The SMILES string of the molecule is O=C(N/N=C\c1ccc(N2N=C(c3ccccc3)C[C@@H]2c2ccccc2)cc1)c1ccc([N+](=O)[O-])cc1. The predicted octanol–water partition coefficient (Wildman–Crippen LogP) is 5.71. The summed E-state index contributed by atoms with van der Waals surface area (Å²) in [6.45, 7) is 0. The fraction of sp³-hybridized carbons (Fsp3) is 0.0690. The highest BCUT2D eigenvalue weighted by Crippen LogP contribution is 2.36. The van der Waals surface area contributed by atoms with E-state index in [1.54, 1.807) is 6.21 Å². The van der Waals surface area contributed by atoms with Crippen LogP contribution in [-0.2, 0) is 0 Å². The van der Waals surface area contributed by atoms with Gasteiger partial charge in [-0.2, -0.15) is 10.2 Å². The second kappa shape index (κ2) is 10.7. The standard InChI is InChI=1S/C29H23N5O3/c35-29(24-13-17-26(18-14-24)34(36)37)31-30-20-21-11-15-25(16-12-21)33-28(23-9-5-2-6-10-23)19-27(32-33)22-7-3-1-4-8-22/h1-18,20,28H,19H2,(H,31,35)/b30-20-/t28-/m1/s1. The van der Waals surface area contributed by atoms with Gasteiger partial charge in [-0.15, -0.1) is 0 Å². The van der Waals surface area contributed by atoms with Crippen LogP contribution in [0.2, 0.25) is 0 Å². The van der Waals surface area contributed by atoms with E-state index in [2.05, 4.69) is 39.8 Å². The van der Waals surface area contributed by atoms with Crippen molar-refractivity contribution in [1.29, 1.82) is 0 Å². The zero-order valence-corrected chi connectivity index (χ0v) is 19.8. The van der Waals surface area contributed by atoms with E-state index in [-0.39, 0.29) is 17.3 Å². The summed E-state index contributed by atoms with van der Waals surface area (Å²) in [5.74, 6) is -0.451. The Bertz CT molecular complexity index is 1450. The highest BCUT2D eigenvalue weighted by atomic mass is 16.6. The molecule has 4 aromatic rings. The number of benzene rings is 4. The molecule has 0 saturated carbocycles. The summed E-state index contributed by atoms with van der Waals surface area (Å²) in [6, 6.07) is 33.7. The van der Waals surface area contributed by atoms with Gasteiger partial charge >= 0.3 is 0 Å². The van der Waals surface area contributed by atoms with Gasteiger partial charge in [0.2, 0.25) is 0 Å². The van der Waals surface area contributed by atoms with E-state index in [9.17, 15) is 14.9 Å². The van der Waals surface area contributed by atoms with Crippen molar-refractivity contribution >= 4 is 29.2 Å². The number of amides is 1. The molecule has 0 unspecified atom stereocenters. The van der Waals surface area contributed by atoms with Crippen LogP contribution in [0.3, 0.4) is 0 Å². The first-order chi connectivity index (χ1) is 18.1. The second-order valence-corrected chi connectivity index (χ2v) is 8.48. The highest BCUT2D eigenvalue weighted by molar-refractivity contribution is 6.03. The topological polar surface area (TPSA) is 100 Å². The Kier molecular flexibility index (Phi) is 6.80. The van der Waals surface area contributed by atoms with E-state index in [1.165, 1.54) is 29.8 Å². The second-order valence-electron chi connectivity index (χ2n) is 8.48. The van der Waals surface area contributed by atoms with E-state index in [1.807, 2.05) is 60.7 Å². The molecular weight excluding hydrogens is 466 g/mol. The largest absolute Gasteiger partial charge is 0.271 e. The van der Waals surface area contributed by atoms with E-state index in [4.69, 9.17) is 5.10 Å². The number of nitrogens with zero attached hydrogens (tertiary/aromatic N) is 4. The minimum Gasteiger partial charge on any atom is -0.267 e. The number of rotatable bonds is 7. The number of nitrogens with one attached hydrogen (secondary N) is 1. The van der Waals surface area contributed by atoms with Gasteiger partial charge in [-0.05, 0) is 41.0 Å². The van der Waals surface area contributed by atoms with Gasteiger partial charge in [0.15, 0.2) is 0 Å². The molecule has 0 bridgehead atoms. The average molecular weight is 490 g/mol. The molecule has 8 heteroatoms. The number of carbonyl (C=O) groups excluding carboxylic acids is 1. The van der Waals surface area contributed by atoms with Crippen LogP contribution in [-0.4, -0.2) is 22.8 Å². The van der Waals surface area contributed by atoms with E-state index in [0.717, 1.165) is 28.9 Å². The average Bonchev–Trinajstić information content (AvgIpc) is 3.40. The van der Waals surface area contributed by atoms with Crippen LogP contribution in [0.1, 0.15) is 39.5 Å². The summed E-state index contributed by atoms with van der Waals surface area (Å²) in [7, 11) is 0. The fourth-order valence-corrected chi connectivity index (χ4v) is 4.17. The third kappa shape index (κ3) is 5.43. The minimum absolute atomic E-state index is 0.0760. The van der Waals surface area contributed by atoms with E-state index < -0.39 is 10.8 Å². The number of hydrazone groups is 2. The zero-order chi connectivity index (χ0) is 25.6. The molecule has 0 fully saturated rings. The van der Waals surface area contributed by atoms with Crippen molar-refractivity contribution in [3.8, 4) is 0 Å². The van der Waals surface area contributed by atoms with Gasteiger partial charge in [-0.3, -0.25) is 19.9 Å². The third-order valence-electron chi connectivity index (χ3n) is 6.08. The van der Waals surface area contributed by atoms with Crippen molar-refractivity contribution in [1.82, 2.24) is 5.43 Å². The highest BCUT2D eigenvalue weighted by Gasteiger charge is 2.29. The first-order valence-electron chi connectivity index (χ1n) is 11.7. The molecule has 8 nitrogen and oxygen atoms in total. The molecule has 0 aliphatic carbocycles. The predicted molar refractivity (Wildman–Crippen MR) is 144 cm³/mol. The van der Waals surface area contributed by atoms with Crippen LogP contribution in [0.15, 0.2) is 119 Å². The van der Waals surface area contributed by atoms with Crippen LogP contribution in [0.25, 0.3) is 0 Å². The summed E-state index contributed by atoms with van der Waals surface area (Å²) in [6.07, 6.45) is 2.34.